The number of carboxylic acids is 1. The Morgan fingerprint density at radius 1 is 1.32 bits per heavy atom. The molecule has 1 saturated heterocycles. The molecule has 0 unspecified atom stereocenters. The number of aliphatic hydroxyl groups excluding tert-OH is 3. The second-order valence-electron chi connectivity index (χ2n) is 4.81. The summed E-state index contributed by atoms with van der Waals surface area (Å²) < 4.78 is 5.47. The van der Waals surface area contributed by atoms with E-state index in [0.717, 1.165) is 0 Å². The number of carbonyl (C=O) groups is 1. The van der Waals surface area contributed by atoms with E-state index in [1.807, 2.05) is 0 Å². The van der Waals surface area contributed by atoms with Gasteiger partial charge in [0.2, 0.25) is 0 Å². The first-order valence-electron chi connectivity index (χ1n) is 6.59. The lowest BCUT2D eigenvalue weighted by atomic mass is 9.96. The number of aliphatic hydroxyl groups is 3. The lowest BCUT2D eigenvalue weighted by molar-refractivity contribution is -0.178. The highest BCUT2D eigenvalue weighted by Gasteiger charge is 2.35. The molecule has 19 heavy (non-hydrogen) atoms. The molecule has 4 atom stereocenters. The zero-order chi connectivity index (χ0) is 14.3. The predicted molar refractivity (Wildman–Crippen MR) is 66.7 cm³/mol. The SMILES string of the molecule is O=C(O)CCCNCC[C@H]1O[C@H](CO)C[C@H](O)[C@@H]1O. The van der Waals surface area contributed by atoms with Crippen molar-refractivity contribution in [3.05, 3.63) is 0 Å². The van der Waals surface area contributed by atoms with Crippen molar-refractivity contribution < 1.29 is 30.0 Å². The molecule has 0 radical (unpaired) electrons. The number of nitrogens with one attached hydrogen (secondary N) is 1. The standard InChI is InChI=1S/C12H23NO6/c14-7-8-6-9(15)12(18)10(19-8)3-5-13-4-1-2-11(16)17/h8-10,12-15,18H,1-7H2,(H,16,17)/t8-,9-,10+,12-/m0/s1. The minimum Gasteiger partial charge on any atom is -0.481 e. The van der Waals surface area contributed by atoms with E-state index in [4.69, 9.17) is 14.9 Å². The van der Waals surface area contributed by atoms with Gasteiger partial charge in [0.1, 0.15) is 6.10 Å². The fraction of sp³-hybridized carbons (Fsp3) is 0.917. The summed E-state index contributed by atoms with van der Waals surface area (Å²) in [7, 11) is 0. The molecule has 0 bridgehead atoms. The van der Waals surface area contributed by atoms with Crippen LogP contribution in [0.2, 0.25) is 0 Å². The first-order chi connectivity index (χ1) is 9.04. The molecule has 0 aliphatic carbocycles. The van der Waals surface area contributed by atoms with Crippen LogP contribution >= 0.6 is 0 Å². The van der Waals surface area contributed by atoms with Crippen molar-refractivity contribution in [2.75, 3.05) is 19.7 Å². The second-order valence-corrected chi connectivity index (χ2v) is 4.81. The maximum Gasteiger partial charge on any atom is 0.303 e. The van der Waals surface area contributed by atoms with Crippen LogP contribution in [-0.4, -0.2) is 70.5 Å². The van der Waals surface area contributed by atoms with Gasteiger partial charge in [-0.25, -0.2) is 0 Å². The van der Waals surface area contributed by atoms with E-state index in [-0.39, 0.29) is 19.4 Å². The molecule has 5 N–H and O–H groups in total. The molecule has 1 aliphatic heterocycles. The summed E-state index contributed by atoms with van der Waals surface area (Å²) in [5, 5.41) is 39.9. The monoisotopic (exact) mass is 277 g/mol. The van der Waals surface area contributed by atoms with Crippen LogP contribution in [0.3, 0.4) is 0 Å². The molecule has 1 heterocycles. The van der Waals surface area contributed by atoms with Gasteiger partial charge >= 0.3 is 5.97 Å². The van der Waals surface area contributed by atoms with E-state index in [9.17, 15) is 15.0 Å². The van der Waals surface area contributed by atoms with E-state index in [0.29, 0.717) is 25.9 Å². The van der Waals surface area contributed by atoms with Crippen molar-refractivity contribution in [1.82, 2.24) is 5.32 Å². The number of carboxylic acid groups (broad SMARTS) is 1. The molecule has 0 aromatic rings. The van der Waals surface area contributed by atoms with Gasteiger partial charge in [-0.3, -0.25) is 4.79 Å². The summed E-state index contributed by atoms with van der Waals surface area (Å²) in [4.78, 5) is 10.3. The van der Waals surface area contributed by atoms with Crippen molar-refractivity contribution >= 4 is 5.97 Å². The molecule has 1 fully saturated rings. The first-order valence-corrected chi connectivity index (χ1v) is 6.59. The van der Waals surface area contributed by atoms with Crippen molar-refractivity contribution in [2.45, 2.75) is 50.1 Å². The van der Waals surface area contributed by atoms with E-state index >= 15 is 0 Å². The lowest BCUT2D eigenvalue weighted by Crippen LogP contribution is -2.50. The average Bonchev–Trinajstić information content (AvgIpc) is 2.37. The summed E-state index contributed by atoms with van der Waals surface area (Å²) in [6.07, 6.45) is -1.34. The second kappa shape index (κ2) is 8.44. The first kappa shape index (κ1) is 16.3. The molecule has 0 spiro atoms. The number of aliphatic carboxylic acids is 1. The third-order valence-corrected chi connectivity index (χ3v) is 3.20. The third-order valence-electron chi connectivity index (χ3n) is 3.20. The van der Waals surface area contributed by atoms with Gasteiger partial charge < -0.3 is 30.5 Å². The summed E-state index contributed by atoms with van der Waals surface area (Å²) in [6.45, 7) is 0.972. The van der Waals surface area contributed by atoms with Gasteiger partial charge in [0.15, 0.2) is 0 Å². The van der Waals surface area contributed by atoms with E-state index in [2.05, 4.69) is 5.32 Å². The summed E-state index contributed by atoms with van der Waals surface area (Å²) in [6, 6.07) is 0. The Bertz CT molecular complexity index is 275. The number of hydrogen-bond donors (Lipinski definition) is 5. The van der Waals surface area contributed by atoms with Crippen LogP contribution in [0.15, 0.2) is 0 Å². The predicted octanol–water partition coefficient (Wildman–Crippen LogP) is -1.30. The molecule has 1 aliphatic rings. The zero-order valence-corrected chi connectivity index (χ0v) is 10.9. The quantitative estimate of drug-likeness (QED) is 0.350. The lowest BCUT2D eigenvalue weighted by Gasteiger charge is -2.36. The van der Waals surface area contributed by atoms with Gasteiger partial charge in [-0.2, -0.15) is 0 Å². The molecular formula is C12H23NO6. The topological polar surface area (TPSA) is 119 Å². The Morgan fingerprint density at radius 2 is 2.05 bits per heavy atom. The van der Waals surface area contributed by atoms with Crippen LogP contribution in [0.1, 0.15) is 25.7 Å². The molecule has 0 aromatic carbocycles. The van der Waals surface area contributed by atoms with Gasteiger partial charge in [-0.05, 0) is 25.9 Å². The molecule has 0 aromatic heterocycles. The van der Waals surface area contributed by atoms with Crippen LogP contribution in [0, 0.1) is 0 Å². The fourth-order valence-electron chi connectivity index (χ4n) is 2.13. The van der Waals surface area contributed by atoms with E-state index in [1.165, 1.54) is 0 Å². The van der Waals surface area contributed by atoms with Crippen molar-refractivity contribution in [2.24, 2.45) is 0 Å². The fourth-order valence-corrected chi connectivity index (χ4v) is 2.13. The van der Waals surface area contributed by atoms with Gasteiger partial charge in [-0.1, -0.05) is 0 Å². The van der Waals surface area contributed by atoms with Crippen LogP contribution in [0.4, 0.5) is 0 Å². The van der Waals surface area contributed by atoms with Crippen LogP contribution < -0.4 is 5.32 Å². The third kappa shape index (κ3) is 5.84. The largest absolute Gasteiger partial charge is 0.481 e. The highest BCUT2D eigenvalue weighted by atomic mass is 16.5. The maximum absolute atomic E-state index is 10.3. The Morgan fingerprint density at radius 3 is 2.68 bits per heavy atom. The number of rotatable bonds is 8. The average molecular weight is 277 g/mol. The number of ether oxygens (including phenoxy) is 1. The Balaban J connectivity index is 2.18. The van der Waals surface area contributed by atoms with Crippen molar-refractivity contribution in [3.63, 3.8) is 0 Å². The summed E-state index contributed by atoms with van der Waals surface area (Å²) >= 11 is 0. The highest BCUT2D eigenvalue weighted by molar-refractivity contribution is 5.66. The smallest absolute Gasteiger partial charge is 0.303 e. The van der Waals surface area contributed by atoms with Gasteiger partial charge in [0.25, 0.3) is 0 Å². The molecular weight excluding hydrogens is 254 g/mol. The summed E-state index contributed by atoms with van der Waals surface area (Å²) in [5.74, 6) is -0.818. The van der Waals surface area contributed by atoms with Crippen LogP contribution in [0.25, 0.3) is 0 Å². The van der Waals surface area contributed by atoms with Crippen LogP contribution in [0.5, 0.6) is 0 Å². The van der Waals surface area contributed by atoms with Crippen molar-refractivity contribution in [1.29, 1.82) is 0 Å². The minimum absolute atomic E-state index is 0.126. The van der Waals surface area contributed by atoms with Gasteiger partial charge in [0.05, 0.1) is 24.9 Å². The Labute approximate surface area is 112 Å². The zero-order valence-electron chi connectivity index (χ0n) is 10.9. The summed E-state index contributed by atoms with van der Waals surface area (Å²) in [5.41, 5.74) is 0. The van der Waals surface area contributed by atoms with Gasteiger partial charge in [0, 0.05) is 12.8 Å². The molecule has 7 nitrogen and oxygen atoms in total. The van der Waals surface area contributed by atoms with Gasteiger partial charge in [-0.15, -0.1) is 0 Å². The Kier molecular flexibility index (Phi) is 7.25. The Hall–Kier alpha value is -0.730. The minimum atomic E-state index is -0.941. The maximum atomic E-state index is 10.3. The molecule has 1 rings (SSSR count). The molecule has 0 saturated carbocycles. The van der Waals surface area contributed by atoms with E-state index in [1.54, 1.807) is 0 Å². The number of hydrogen-bond acceptors (Lipinski definition) is 6. The molecule has 7 heteroatoms. The van der Waals surface area contributed by atoms with Crippen molar-refractivity contribution in [3.8, 4) is 0 Å². The van der Waals surface area contributed by atoms with E-state index < -0.39 is 30.4 Å². The molecule has 0 amide bonds. The van der Waals surface area contributed by atoms with Crippen LogP contribution in [-0.2, 0) is 9.53 Å². The normalized spacial score (nSPS) is 31.3. The highest BCUT2D eigenvalue weighted by Crippen LogP contribution is 2.22. The molecule has 112 valence electrons.